The highest BCUT2D eigenvalue weighted by molar-refractivity contribution is 7.99. The Bertz CT molecular complexity index is 810. The predicted molar refractivity (Wildman–Crippen MR) is 106 cm³/mol. The summed E-state index contributed by atoms with van der Waals surface area (Å²) in [4.78, 5) is 23.6. The number of hydrogen-bond donors (Lipinski definition) is 1. The molecule has 2 aromatic rings. The molecule has 1 N–H and O–H groups in total. The maximum absolute atomic E-state index is 12.1. The fourth-order valence-corrected chi connectivity index (χ4v) is 3.37. The van der Waals surface area contributed by atoms with E-state index in [9.17, 15) is 9.59 Å². The van der Waals surface area contributed by atoms with Gasteiger partial charge >= 0.3 is 0 Å². The molecule has 0 bridgehead atoms. The van der Waals surface area contributed by atoms with E-state index in [-0.39, 0.29) is 17.4 Å². The summed E-state index contributed by atoms with van der Waals surface area (Å²) < 4.78 is 10.4. The van der Waals surface area contributed by atoms with Gasteiger partial charge in [-0.15, -0.1) is 11.8 Å². The molecule has 138 valence electrons. The Morgan fingerprint density at radius 3 is 2.38 bits per heavy atom. The van der Waals surface area contributed by atoms with E-state index in [2.05, 4.69) is 5.32 Å². The quantitative estimate of drug-likeness (QED) is 0.672. The number of hydrogen-bond acceptors (Lipinski definition) is 5. The minimum absolute atomic E-state index is 0.00645. The van der Waals surface area contributed by atoms with Gasteiger partial charge in [0.05, 0.1) is 25.0 Å². The van der Waals surface area contributed by atoms with Gasteiger partial charge in [-0.25, -0.2) is 0 Å². The van der Waals surface area contributed by atoms with E-state index in [0.717, 1.165) is 5.56 Å². The third-order valence-corrected chi connectivity index (χ3v) is 4.89. The first-order valence-electron chi connectivity index (χ1n) is 7.83. The lowest BCUT2D eigenvalue weighted by molar-refractivity contribution is -0.113. The van der Waals surface area contributed by atoms with Crippen LogP contribution in [0.25, 0.3) is 0 Å². The number of halogens is 1. The van der Waals surface area contributed by atoms with Crippen molar-refractivity contribution in [3.8, 4) is 11.5 Å². The molecular weight excluding hydrogens is 374 g/mol. The Hall–Kier alpha value is -2.18. The summed E-state index contributed by atoms with van der Waals surface area (Å²) in [6, 6.07) is 10.4. The maximum Gasteiger partial charge on any atom is 0.234 e. The number of benzene rings is 2. The predicted octanol–water partition coefficient (Wildman–Crippen LogP) is 4.43. The zero-order chi connectivity index (χ0) is 19.1. The number of ketones is 1. The molecular formula is C19H20ClNO4S. The summed E-state index contributed by atoms with van der Waals surface area (Å²) in [5, 5.41) is 3.23. The second kappa shape index (κ2) is 9.50. The molecule has 0 spiro atoms. The van der Waals surface area contributed by atoms with Gasteiger partial charge in [0, 0.05) is 22.6 Å². The van der Waals surface area contributed by atoms with E-state index in [4.69, 9.17) is 21.1 Å². The molecule has 0 aliphatic rings. The van der Waals surface area contributed by atoms with E-state index < -0.39 is 0 Å². The van der Waals surface area contributed by atoms with Crippen LogP contribution in [-0.4, -0.2) is 31.7 Å². The molecule has 0 fully saturated rings. The van der Waals surface area contributed by atoms with Gasteiger partial charge in [0.25, 0.3) is 0 Å². The first-order valence-corrected chi connectivity index (χ1v) is 9.37. The Balaban J connectivity index is 1.93. The first-order chi connectivity index (χ1) is 12.4. The number of ether oxygens (including phenoxy) is 2. The molecule has 26 heavy (non-hydrogen) atoms. The number of Topliss-reactive ketones (excluding diaryl/α,β-unsaturated/α-hetero) is 1. The highest BCUT2D eigenvalue weighted by atomic mass is 35.5. The molecule has 0 heterocycles. The Kier molecular flexibility index (Phi) is 7.36. The molecule has 0 aliphatic carbocycles. The standard InChI is InChI=1S/C19H20ClNO4S/c1-12(22)13-4-6-17(24-2)14(8-13)10-26-11-19(23)21-15-5-7-18(25-3)16(20)9-15/h4-9H,10-11H2,1-3H3,(H,21,23). The SMILES string of the molecule is COc1ccc(NC(=O)CSCc2cc(C(C)=O)ccc2OC)cc1Cl. The summed E-state index contributed by atoms with van der Waals surface area (Å²) in [5.74, 6) is 1.92. The van der Waals surface area contributed by atoms with Gasteiger partial charge in [-0.2, -0.15) is 0 Å². The minimum atomic E-state index is -0.141. The van der Waals surface area contributed by atoms with Crippen molar-refractivity contribution in [1.82, 2.24) is 0 Å². The van der Waals surface area contributed by atoms with E-state index in [0.29, 0.717) is 33.5 Å². The van der Waals surface area contributed by atoms with Crippen LogP contribution in [0.1, 0.15) is 22.8 Å². The van der Waals surface area contributed by atoms with Crippen molar-refractivity contribution in [1.29, 1.82) is 0 Å². The molecule has 0 aromatic heterocycles. The molecule has 0 aliphatic heterocycles. The van der Waals surface area contributed by atoms with E-state index in [1.807, 2.05) is 0 Å². The van der Waals surface area contributed by atoms with Crippen LogP contribution < -0.4 is 14.8 Å². The van der Waals surface area contributed by atoms with Gasteiger partial charge < -0.3 is 14.8 Å². The highest BCUT2D eigenvalue weighted by Crippen LogP contribution is 2.28. The topological polar surface area (TPSA) is 64.6 Å². The van der Waals surface area contributed by atoms with Crippen LogP contribution in [0.3, 0.4) is 0 Å². The largest absolute Gasteiger partial charge is 0.496 e. The molecule has 2 aromatic carbocycles. The lowest BCUT2D eigenvalue weighted by Gasteiger charge is -2.10. The minimum Gasteiger partial charge on any atom is -0.496 e. The van der Waals surface area contributed by atoms with Gasteiger partial charge in [-0.05, 0) is 43.3 Å². The zero-order valence-corrected chi connectivity index (χ0v) is 16.4. The second-order valence-corrected chi connectivity index (χ2v) is 6.87. The Morgan fingerprint density at radius 2 is 1.77 bits per heavy atom. The zero-order valence-electron chi connectivity index (χ0n) is 14.8. The number of methoxy groups -OCH3 is 2. The molecule has 7 heteroatoms. The number of nitrogens with one attached hydrogen (secondary N) is 1. The average molecular weight is 394 g/mol. The molecule has 0 atom stereocenters. The van der Waals surface area contributed by atoms with Crippen LogP contribution in [0.15, 0.2) is 36.4 Å². The number of carbonyl (C=O) groups is 2. The van der Waals surface area contributed by atoms with Gasteiger partial charge in [0.15, 0.2) is 5.78 Å². The number of carbonyl (C=O) groups excluding carboxylic acids is 2. The fourth-order valence-electron chi connectivity index (χ4n) is 2.31. The second-order valence-electron chi connectivity index (χ2n) is 5.47. The van der Waals surface area contributed by atoms with Crippen molar-refractivity contribution < 1.29 is 19.1 Å². The van der Waals surface area contributed by atoms with Crippen molar-refractivity contribution in [3.63, 3.8) is 0 Å². The lowest BCUT2D eigenvalue weighted by atomic mass is 10.1. The fraction of sp³-hybridized carbons (Fsp3) is 0.263. The molecule has 0 radical (unpaired) electrons. The van der Waals surface area contributed by atoms with E-state index >= 15 is 0 Å². The summed E-state index contributed by atoms with van der Waals surface area (Å²) in [7, 11) is 3.11. The van der Waals surface area contributed by atoms with Crippen molar-refractivity contribution in [2.45, 2.75) is 12.7 Å². The summed E-state index contributed by atoms with van der Waals surface area (Å²) in [5.41, 5.74) is 2.11. The summed E-state index contributed by atoms with van der Waals surface area (Å²) in [6.45, 7) is 1.52. The molecule has 0 unspecified atom stereocenters. The first kappa shape index (κ1) is 20.1. The smallest absolute Gasteiger partial charge is 0.234 e. The summed E-state index contributed by atoms with van der Waals surface area (Å²) in [6.07, 6.45) is 0. The normalized spacial score (nSPS) is 10.3. The van der Waals surface area contributed by atoms with Crippen LogP contribution >= 0.6 is 23.4 Å². The molecule has 1 amide bonds. The van der Waals surface area contributed by atoms with Crippen molar-refractivity contribution in [2.75, 3.05) is 25.3 Å². The van der Waals surface area contributed by atoms with E-state index in [1.165, 1.54) is 25.8 Å². The average Bonchev–Trinajstić information content (AvgIpc) is 2.61. The summed E-state index contributed by atoms with van der Waals surface area (Å²) >= 11 is 7.48. The van der Waals surface area contributed by atoms with Crippen LogP contribution in [0.5, 0.6) is 11.5 Å². The van der Waals surface area contributed by atoms with Gasteiger partial charge in [0.1, 0.15) is 11.5 Å². The number of rotatable bonds is 8. The van der Waals surface area contributed by atoms with Gasteiger partial charge in [-0.3, -0.25) is 9.59 Å². The third kappa shape index (κ3) is 5.41. The van der Waals surface area contributed by atoms with Crippen LogP contribution in [0.2, 0.25) is 5.02 Å². The van der Waals surface area contributed by atoms with Crippen molar-refractivity contribution in [2.24, 2.45) is 0 Å². The monoisotopic (exact) mass is 393 g/mol. The Morgan fingerprint density at radius 1 is 1.08 bits per heavy atom. The molecule has 5 nitrogen and oxygen atoms in total. The van der Waals surface area contributed by atoms with Crippen LogP contribution in [-0.2, 0) is 10.5 Å². The lowest BCUT2D eigenvalue weighted by Crippen LogP contribution is -2.14. The molecule has 0 saturated carbocycles. The van der Waals surface area contributed by atoms with Gasteiger partial charge in [-0.1, -0.05) is 11.6 Å². The highest BCUT2D eigenvalue weighted by Gasteiger charge is 2.10. The van der Waals surface area contributed by atoms with Gasteiger partial charge in [0.2, 0.25) is 5.91 Å². The number of amides is 1. The number of anilines is 1. The molecule has 2 rings (SSSR count). The maximum atomic E-state index is 12.1. The Labute approximate surface area is 162 Å². The van der Waals surface area contributed by atoms with Crippen molar-refractivity contribution in [3.05, 3.63) is 52.5 Å². The van der Waals surface area contributed by atoms with E-state index in [1.54, 1.807) is 43.5 Å². The van der Waals surface area contributed by atoms with Crippen LogP contribution in [0.4, 0.5) is 5.69 Å². The molecule has 0 saturated heterocycles. The number of thioether (sulfide) groups is 1. The van der Waals surface area contributed by atoms with Crippen LogP contribution in [0, 0.1) is 0 Å². The third-order valence-electron chi connectivity index (χ3n) is 3.61. The van der Waals surface area contributed by atoms with Crippen molar-refractivity contribution >= 4 is 40.7 Å².